The molecule has 0 aliphatic heterocycles. The molecule has 306 valence electrons. The van der Waals surface area contributed by atoms with Crippen LogP contribution in [0.25, 0.3) is 0 Å². The normalized spacial score (nSPS) is 13.6. The zero-order valence-electron chi connectivity index (χ0n) is 34.7. The summed E-state index contributed by atoms with van der Waals surface area (Å²) >= 11 is 0. The van der Waals surface area contributed by atoms with Crippen LogP contribution in [-0.2, 0) is 14.3 Å². The van der Waals surface area contributed by atoms with Gasteiger partial charge >= 0.3 is 5.97 Å². The van der Waals surface area contributed by atoms with Crippen molar-refractivity contribution in [2.45, 2.75) is 251 Å². The highest BCUT2D eigenvalue weighted by atomic mass is 16.5. The number of hydrogen-bond acceptors (Lipinski definition) is 5. The number of ether oxygens (including phenoxy) is 1. The standard InChI is InChI=1S/C46H87NO5/c1-4-7-10-13-16-19-21-23-26-28-31-34-37-42(52-46(51)39-36-33-30-27-24-22-20-17-14-11-8-5-2)40-45(50)47-43(41-48)44(49)38-35-32-29-25-18-15-12-9-6-3/h17,20,26,28,42-44,48-49H,4-16,18-19,21-25,27,29-41H2,1-3H3,(H,47,50)/b20-17-,28-26-. The molecule has 0 aromatic heterocycles. The van der Waals surface area contributed by atoms with Gasteiger partial charge in [-0.05, 0) is 70.6 Å². The minimum absolute atomic E-state index is 0.0562. The van der Waals surface area contributed by atoms with Crippen LogP contribution in [0.4, 0.5) is 0 Å². The van der Waals surface area contributed by atoms with Crippen molar-refractivity contribution in [1.29, 1.82) is 0 Å². The molecule has 0 aromatic rings. The summed E-state index contributed by atoms with van der Waals surface area (Å²) in [6, 6.07) is -0.705. The third-order valence-corrected chi connectivity index (χ3v) is 10.3. The maximum atomic E-state index is 13.1. The Balaban J connectivity index is 4.64. The Morgan fingerprint density at radius 2 is 0.942 bits per heavy atom. The first-order valence-electron chi connectivity index (χ1n) is 22.6. The molecular weight excluding hydrogens is 647 g/mol. The molecule has 1 amide bonds. The molecule has 0 spiro atoms. The molecule has 0 heterocycles. The topological polar surface area (TPSA) is 95.9 Å². The summed E-state index contributed by atoms with van der Waals surface area (Å²) < 4.78 is 5.87. The van der Waals surface area contributed by atoms with Crippen molar-refractivity contribution in [2.24, 2.45) is 0 Å². The fourth-order valence-electron chi connectivity index (χ4n) is 6.78. The molecule has 6 heteroatoms. The smallest absolute Gasteiger partial charge is 0.306 e. The first-order valence-corrected chi connectivity index (χ1v) is 22.6. The molecule has 0 saturated carbocycles. The molecule has 0 saturated heterocycles. The van der Waals surface area contributed by atoms with E-state index in [1.807, 2.05) is 0 Å². The highest BCUT2D eigenvalue weighted by molar-refractivity contribution is 5.77. The summed E-state index contributed by atoms with van der Waals surface area (Å²) in [6.45, 7) is 6.41. The molecule has 0 bridgehead atoms. The van der Waals surface area contributed by atoms with Crippen molar-refractivity contribution in [3.63, 3.8) is 0 Å². The second-order valence-corrected chi connectivity index (χ2v) is 15.4. The number of nitrogens with one attached hydrogen (secondary N) is 1. The van der Waals surface area contributed by atoms with Gasteiger partial charge in [0.2, 0.25) is 5.91 Å². The zero-order chi connectivity index (χ0) is 38.2. The third-order valence-electron chi connectivity index (χ3n) is 10.3. The second-order valence-electron chi connectivity index (χ2n) is 15.4. The van der Waals surface area contributed by atoms with Crippen molar-refractivity contribution in [1.82, 2.24) is 5.32 Å². The Morgan fingerprint density at radius 3 is 1.44 bits per heavy atom. The summed E-state index contributed by atoms with van der Waals surface area (Å²) in [5.41, 5.74) is 0. The van der Waals surface area contributed by atoms with Gasteiger partial charge in [0.1, 0.15) is 6.10 Å². The van der Waals surface area contributed by atoms with Crippen molar-refractivity contribution >= 4 is 11.9 Å². The number of esters is 1. The van der Waals surface area contributed by atoms with Crippen molar-refractivity contribution in [2.75, 3.05) is 6.61 Å². The zero-order valence-corrected chi connectivity index (χ0v) is 34.7. The van der Waals surface area contributed by atoms with Crippen LogP contribution in [0.3, 0.4) is 0 Å². The summed E-state index contributed by atoms with van der Waals surface area (Å²) in [6.07, 6.45) is 43.8. The van der Waals surface area contributed by atoms with E-state index in [0.717, 1.165) is 64.2 Å². The lowest BCUT2D eigenvalue weighted by Crippen LogP contribution is -2.46. The molecule has 52 heavy (non-hydrogen) atoms. The first kappa shape index (κ1) is 50.3. The Bertz CT molecular complexity index is 828. The van der Waals surface area contributed by atoms with E-state index in [-0.39, 0.29) is 24.9 Å². The number of unbranched alkanes of at least 4 members (excludes halogenated alkanes) is 24. The lowest BCUT2D eigenvalue weighted by atomic mass is 10.0. The van der Waals surface area contributed by atoms with E-state index in [1.165, 1.54) is 122 Å². The first-order chi connectivity index (χ1) is 25.5. The predicted octanol–water partition coefficient (Wildman–Crippen LogP) is 12.8. The molecule has 3 unspecified atom stereocenters. The van der Waals surface area contributed by atoms with Gasteiger partial charge < -0.3 is 20.3 Å². The van der Waals surface area contributed by atoms with Crippen LogP contribution in [0, 0.1) is 0 Å². The van der Waals surface area contributed by atoms with Crippen LogP contribution in [0.2, 0.25) is 0 Å². The van der Waals surface area contributed by atoms with Crippen LogP contribution in [0.15, 0.2) is 24.3 Å². The van der Waals surface area contributed by atoms with E-state index in [2.05, 4.69) is 50.4 Å². The van der Waals surface area contributed by atoms with E-state index >= 15 is 0 Å². The van der Waals surface area contributed by atoms with Gasteiger partial charge in [0.05, 0.1) is 25.2 Å². The number of carbonyl (C=O) groups excluding carboxylic acids is 2. The van der Waals surface area contributed by atoms with Gasteiger partial charge in [-0.1, -0.05) is 173 Å². The summed E-state index contributed by atoms with van der Waals surface area (Å²) in [4.78, 5) is 25.9. The molecule has 0 fully saturated rings. The maximum Gasteiger partial charge on any atom is 0.306 e. The summed E-state index contributed by atoms with van der Waals surface area (Å²) in [5.74, 6) is -0.511. The van der Waals surface area contributed by atoms with Crippen molar-refractivity contribution < 1.29 is 24.5 Å². The Kier molecular flexibility index (Phi) is 39.2. The molecular formula is C46H87NO5. The van der Waals surface area contributed by atoms with Crippen molar-refractivity contribution in [3.8, 4) is 0 Å². The van der Waals surface area contributed by atoms with E-state index in [0.29, 0.717) is 19.3 Å². The maximum absolute atomic E-state index is 13.1. The second kappa shape index (κ2) is 40.5. The number of rotatable bonds is 40. The number of aliphatic hydroxyl groups is 2. The lowest BCUT2D eigenvalue weighted by molar-refractivity contribution is -0.151. The Labute approximate surface area is 322 Å². The highest BCUT2D eigenvalue weighted by Gasteiger charge is 2.24. The van der Waals surface area contributed by atoms with Gasteiger partial charge in [0.25, 0.3) is 0 Å². The molecule has 3 atom stereocenters. The van der Waals surface area contributed by atoms with Gasteiger partial charge in [-0.15, -0.1) is 0 Å². The third kappa shape index (κ3) is 35.4. The molecule has 0 radical (unpaired) electrons. The van der Waals surface area contributed by atoms with Gasteiger partial charge in [0.15, 0.2) is 0 Å². The molecule has 0 aliphatic carbocycles. The number of aliphatic hydroxyl groups excluding tert-OH is 2. The molecule has 6 nitrogen and oxygen atoms in total. The van der Waals surface area contributed by atoms with Crippen molar-refractivity contribution in [3.05, 3.63) is 24.3 Å². The largest absolute Gasteiger partial charge is 0.462 e. The highest BCUT2D eigenvalue weighted by Crippen LogP contribution is 2.16. The lowest BCUT2D eigenvalue weighted by Gasteiger charge is -2.24. The van der Waals surface area contributed by atoms with Crippen LogP contribution in [0.5, 0.6) is 0 Å². The quantitative estimate of drug-likeness (QED) is 0.0331. The van der Waals surface area contributed by atoms with E-state index in [9.17, 15) is 19.8 Å². The number of carbonyl (C=O) groups is 2. The minimum Gasteiger partial charge on any atom is -0.462 e. The summed E-state index contributed by atoms with van der Waals surface area (Å²) in [5, 5.41) is 23.5. The number of amides is 1. The number of hydrogen-bond donors (Lipinski definition) is 3. The molecule has 0 rings (SSSR count). The van der Waals surface area contributed by atoms with Gasteiger partial charge in [-0.3, -0.25) is 9.59 Å². The average molecular weight is 734 g/mol. The van der Waals surface area contributed by atoms with Crippen LogP contribution >= 0.6 is 0 Å². The SMILES string of the molecule is CCCCC/C=C\CCCCCCCC(=O)OC(CCC/C=C\CCCCCCCCC)CC(=O)NC(CO)C(O)CCCCCCCCCCC. The average Bonchev–Trinajstić information content (AvgIpc) is 3.13. The van der Waals surface area contributed by atoms with E-state index < -0.39 is 18.2 Å². The molecule has 0 aliphatic rings. The van der Waals surface area contributed by atoms with Crippen LogP contribution < -0.4 is 5.32 Å². The van der Waals surface area contributed by atoms with E-state index in [4.69, 9.17) is 4.74 Å². The van der Waals surface area contributed by atoms with Gasteiger partial charge in [0, 0.05) is 6.42 Å². The van der Waals surface area contributed by atoms with Crippen LogP contribution in [0.1, 0.15) is 233 Å². The minimum atomic E-state index is -0.789. The molecule has 0 aromatic carbocycles. The van der Waals surface area contributed by atoms with Gasteiger partial charge in [-0.25, -0.2) is 0 Å². The van der Waals surface area contributed by atoms with Gasteiger partial charge in [-0.2, -0.15) is 0 Å². The molecule has 3 N–H and O–H groups in total. The Morgan fingerprint density at radius 1 is 0.538 bits per heavy atom. The fourth-order valence-corrected chi connectivity index (χ4v) is 6.78. The predicted molar refractivity (Wildman–Crippen MR) is 223 cm³/mol. The van der Waals surface area contributed by atoms with E-state index in [1.54, 1.807) is 0 Å². The number of allylic oxidation sites excluding steroid dienone is 4. The van der Waals surface area contributed by atoms with Crippen LogP contribution in [-0.4, -0.2) is 46.9 Å². The monoisotopic (exact) mass is 734 g/mol. The summed E-state index contributed by atoms with van der Waals surface area (Å²) in [7, 11) is 0. The Hall–Kier alpha value is -1.66. The fraction of sp³-hybridized carbons (Fsp3) is 0.870.